The van der Waals surface area contributed by atoms with Crippen LogP contribution in [0.25, 0.3) is 0 Å². The van der Waals surface area contributed by atoms with Gasteiger partial charge in [0, 0.05) is 6.04 Å². The Labute approximate surface area is 104 Å². The molecule has 0 unspecified atom stereocenters. The van der Waals surface area contributed by atoms with Gasteiger partial charge in [-0.05, 0) is 38.5 Å². The molecule has 18 heavy (non-hydrogen) atoms. The van der Waals surface area contributed by atoms with E-state index >= 15 is 0 Å². The van der Waals surface area contributed by atoms with Crippen LogP contribution in [0.1, 0.15) is 25.0 Å². The standard InChI is InChI=1S/C11H14F3NO2S/c1-7(2)15-18(16,17)10-6-4-5-9(8(10)3)11(12,13)14/h4-7,15H,1-3H3. The monoisotopic (exact) mass is 281 g/mol. The largest absolute Gasteiger partial charge is 0.416 e. The van der Waals surface area contributed by atoms with Crippen LogP contribution in [0.2, 0.25) is 0 Å². The molecule has 1 N–H and O–H groups in total. The van der Waals surface area contributed by atoms with Crippen molar-refractivity contribution in [2.45, 2.75) is 37.9 Å². The number of alkyl halides is 3. The van der Waals surface area contributed by atoms with E-state index < -0.39 is 21.8 Å². The summed E-state index contributed by atoms with van der Waals surface area (Å²) < 4.78 is 64.0. The summed E-state index contributed by atoms with van der Waals surface area (Å²) in [6.07, 6.45) is -4.56. The van der Waals surface area contributed by atoms with Crippen LogP contribution in [-0.4, -0.2) is 14.5 Å². The van der Waals surface area contributed by atoms with Crippen LogP contribution >= 0.6 is 0 Å². The van der Waals surface area contributed by atoms with E-state index in [1.54, 1.807) is 13.8 Å². The van der Waals surface area contributed by atoms with E-state index in [0.717, 1.165) is 25.1 Å². The van der Waals surface area contributed by atoms with E-state index in [1.165, 1.54) is 0 Å². The zero-order chi connectivity index (χ0) is 14.1. The summed E-state index contributed by atoms with van der Waals surface area (Å²) in [5.74, 6) is 0. The topological polar surface area (TPSA) is 46.2 Å². The Morgan fingerprint density at radius 2 is 1.78 bits per heavy atom. The zero-order valence-corrected chi connectivity index (χ0v) is 11.0. The van der Waals surface area contributed by atoms with Gasteiger partial charge < -0.3 is 0 Å². The number of hydrogen-bond acceptors (Lipinski definition) is 2. The third-order valence-electron chi connectivity index (χ3n) is 2.27. The van der Waals surface area contributed by atoms with Crippen molar-refractivity contribution >= 4 is 10.0 Å². The average Bonchev–Trinajstić information content (AvgIpc) is 2.13. The average molecular weight is 281 g/mol. The maximum Gasteiger partial charge on any atom is 0.416 e. The Hall–Kier alpha value is -1.08. The first-order valence-corrected chi connectivity index (χ1v) is 6.73. The Balaban J connectivity index is 3.37. The van der Waals surface area contributed by atoms with Crippen molar-refractivity contribution in [3.05, 3.63) is 29.3 Å². The Morgan fingerprint density at radius 3 is 2.22 bits per heavy atom. The van der Waals surface area contributed by atoms with Gasteiger partial charge in [0.25, 0.3) is 0 Å². The number of halogens is 3. The van der Waals surface area contributed by atoms with Crippen molar-refractivity contribution in [2.24, 2.45) is 0 Å². The van der Waals surface area contributed by atoms with Crippen LogP contribution < -0.4 is 4.72 Å². The van der Waals surface area contributed by atoms with Gasteiger partial charge in [0.1, 0.15) is 0 Å². The van der Waals surface area contributed by atoms with Gasteiger partial charge in [0.05, 0.1) is 10.5 Å². The van der Waals surface area contributed by atoms with Gasteiger partial charge in [-0.3, -0.25) is 0 Å². The second-order valence-corrected chi connectivity index (χ2v) is 5.88. The third-order valence-corrected chi connectivity index (χ3v) is 4.07. The molecule has 1 rings (SSSR count). The van der Waals surface area contributed by atoms with Crippen LogP contribution in [0.4, 0.5) is 13.2 Å². The first kappa shape index (κ1) is 15.0. The highest BCUT2D eigenvalue weighted by Gasteiger charge is 2.34. The summed E-state index contributed by atoms with van der Waals surface area (Å²) >= 11 is 0. The summed E-state index contributed by atoms with van der Waals surface area (Å²) in [6, 6.07) is 2.73. The molecule has 7 heteroatoms. The van der Waals surface area contributed by atoms with Gasteiger partial charge in [-0.15, -0.1) is 0 Å². The normalized spacial score (nSPS) is 13.1. The number of rotatable bonds is 3. The molecule has 0 aliphatic carbocycles. The predicted molar refractivity (Wildman–Crippen MR) is 61.6 cm³/mol. The molecule has 3 nitrogen and oxygen atoms in total. The van der Waals surface area contributed by atoms with Crippen LogP contribution in [0.3, 0.4) is 0 Å². The van der Waals surface area contributed by atoms with E-state index in [-0.39, 0.29) is 16.5 Å². The van der Waals surface area contributed by atoms with E-state index in [1.807, 2.05) is 0 Å². The molecule has 0 bridgehead atoms. The Kier molecular flexibility index (Phi) is 4.07. The molecule has 0 radical (unpaired) electrons. The van der Waals surface area contributed by atoms with Gasteiger partial charge in [-0.25, -0.2) is 13.1 Å². The fourth-order valence-electron chi connectivity index (χ4n) is 1.59. The van der Waals surface area contributed by atoms with Crippen molar-refractivity contribution < 1.29 is 21.6 Å². The van der Waals surface area contributed by atoms with Gasteiger partial charge in [-0.2, -0.15) is 13.2 Å². The van der Waals surface area contributed by atoms with Crippen molar-refractivity contribution in [2.75, 3.05) is 0 Å². The minimum absolute atomic E-state index is 0.293. The first-order chi connectivity index (χ1) is 8.05. The fourth-order valence-corrected chi connectivity index (χ4v) is 3.10. The summed E-state index contributed by atoms with van der Waals surface area (Å²) in [6.45, 7) is 4.35. The first-order valence-electron chi connectivity index (χ1n) is 5.25. The predicted octanol–water partition coefficient (Wildman–Crippen LogP) is 2.70. The van der Waals surface area contributed by atoms with Gasteiger partial charge in [0.2, 0.25) is 10.0 Å². The van der Waals surface area contributed by atoms with E-state index in [0.29, 0.717) is 0 Å². The van der Waals surface area contributed by atoms with Crippen LogP contribution in [0.15, 0.2) is 23.1 Å². The molecular formula is C11H14F3NO2S. The molecule has 0 aromatic heterocycles. The highest BCUT2D eigenvalue weighted by Crippen LogP contribution is 2.34. The lowest BCUT2D eigenvalue weighted by Crippen LogP contribution is -2.31. The molecule has 0 saturated carbocycles. The molecule has 1 aromatic carbocycles. The molecule has 0 saturated heterocycles. The molecule has 102 valence electrons. The SMILES string of the molecule is Cc1c(C(F)(F)F)cccc1S(=O)(=O)NC(C)C. The molecule has 0 atom stereocenters. The summed E-state index contributed by atoms with van der Waals surface area (Å²) in [5, 5.41) is 0. The smallest absolute Gasteiger partial charge is 0.209 e. The van der Waals surface area contributed by atoms with Crippen molar-refractivity contribution in [1.29, 1.82) is 0 Å². The quantitative estimate of drug-likeness (QED) is 0.926. The molecule has 1 aromatic rings. The minimum atomic E-state index is -4.56. The lowest BCUT2D eigenvalue weighted by atomic mass is 10.1. The highest BCUT2D eigenvalue weighted by molar-refractivity contribution is 7.89. The second-order valence-electron chi connectivity index (χ2n) is 4.20. The Morgan fingerprint density at radius 1 is 1.22 bits per heavy atom. The number of sulfonamides is 1. The maximum atomic E-state index is 12.7. The summed E-state index contributed by atoms with van der Waals surface area (Å²) in [5.41, 5.74) is -1.23. The third kappa shape index (κ3) is 3.23. The van der Waals surface area contributed by atoms with Crippen LogP contribution in [-0.2, 0) is 16.2 Å². The fraction of sp³-hybridized carbons (Fsp3) is 0.455. The zero-order valence-electron chi connectivity index (χ0n) is 10.2. The summed E-state index contributed by atoms with van der Waals surface area (Å²) in [7, 11) is -3.92. The summed E-state index contributed by atoms with van der Waals surface area (Å²) in [4.78, 5) is -0.342. The molecule has 0 amide bonds. The van der Waals surface area contributed by atoms with Gasteiger partial charge in [0.15, 0.2) is 0 Å². The lowest BCUT2D eigenvalue weighted by Gasteiger charge is -2.15. The van der Waals surface area contributed by atoms with Crippen molar-refractivity contribution in [3.63, 3.8) is 0 Å². The Bertz CT molecular complexity index is 536. The van der Waals surface area contributed by atoms with Crippen LogP contribution in [0, 0.1) is 6.92 Å². The number of benzene rings is 1. The lowest BCUT2D eigenvalue weighted by molar-refractivity contribution is -0.138. The molecule has 0 aliphatic heterocycles. The van der Waals surface area contributed by atoms with Crippen LogP contribution in [0.5, 0.6) is 0 Å². The molecule has 0 spiro atoms. The van der Waals surface area contributed by atoms with E-state index in [4.69, 9.17) is 0 Å². The molecule has 0 aliphatic rings. The van der Waals surface area contributed by atoms with Gasteiger partial charge >= 0.3 is 6.18 Å². The maximum absolute atomic E-state index is 12.7. The minimum Gasteiger partial charge on any atom is -0.209 e. The van der Waals surface area contributed by atoms with E-state index in [9.17, 15) is 21.6 Å². The molecule has 0 heterocycles. The number of hydrogen-bond donors (Lipinski definition) is 1. The van der Waals surface area contributed by atoms with E-state index in [2.05, 4.69) is 4.72 Å². The number of nitrogens with one attached hydrogen (secondary N) is 1. The van der Waals surface area contributed by atoms with Crippen molar-refractivity contribution in [1.82, 2.24) is 4.72 Å². The molecular weight excluding hydrogens is 267 g/mol. The molecule has 0 fully saturated rings. The van der Waals surface area contributed by atoms with Crippen molar-refractivity contribution in [3.8, 4) is 0 Å². The van der Waals surface area contributed by atoms with Gasteiger partial charge in [-0.1, -0.05) is 6.07 Å². The second kappa shape index (κ2) is 4.89. The highest BCUT2D eigenvalue weighted by atomic mass is 32.2.